The van der Waals surface area contributed by atoms with E-state index in [4.69, 9.17) is 0 Å². The second-order valence-corrected chi connectivity index (χ2v) is 5.39. The van der Waals surface area contributed by atoms with Crippen molar-refractivity contribution in [1.82, 2.24) is 10.6 Å². The van der Waals surface area contributed by atoms with Crippen molar-refractivity contribution in [2.75, 3.05) is 13.6 Å². The third kappa shape index (κ3) is 4.76. The molecular formula is C16H25N3O. The van der Waals surface area contributed by atoms with Crippen molar-refractivity contribution < 1.29 is 5.11 Å². The third-order valence-corrected chi connectivity index (χ3v) is 3.79. The summed E-state index contributed by atoms with van der Waals surface area (Å²) in [5.74, 6) is 1.25. The van der Waals surface area contributed by atoms with Crippen LogP contribution in [-0.2, 0) is 6.42 Å². The second kappa shape index (κ2) is 7.78. The lowest BCUT2D eigenvalue weighted by atomic mass is 10.1. The number of hydrogen-bond donors (Lipinski definition) is 3. The molecule has 1 fully saturated rings. The molecule has 110 valence electrons. The summed E-state index contributed by atoms with van der Waals surface area (Å²) in [5, 5.41) is 16.1. The highest BCUT2D eigenvalue weighted by atomic mass is 16.3. The third-order valence-electron chi connectivity index (χ3n) is 3.79. The average Bonchev–Trinajstić information content (AvgIpc) is 2.97. The molecule has 2 rings (SSSR count). The van der Waals surface area contributed by atoms with E-state index in [1.54, 1.807) is 12.1 Å². The van der Waals surface area contributed by atoms with Crippen LogP contribution in [0.5, 0.6) is 5.75 Å². The predicted molar refractivity (Wildman–Crippen MR) is 83.2 cm³/mol. The number of benzene rings is 1. The van der Waals surface area contributed by atoms with E-state index >= 15 is 0 Å². The van der Waals surface area contributed by atoms with Gasteiger partial charge in [0.2, 0.25) is 0 Å². The predicted octanol–water partition coefficient (Wildman–Crippen LogP) is 2.43. The highest BCUT2D eigenvalue weighted by molar-refractivity contribution is 5.79. The molecule has 4 nitrogen and oxygen atoms in total. The Morgan fingerprint density at radius 3 is 2.60 bits per heavy atom. The van der Waals surface area contributed by atoms with Gasteiger partial charge in [-0.1, -0.05) is 25.0 Å². The Balaban J connectivity index is 1.64. The van der Waals surface area contributed by atoms with Gasteiger partial charge in [0.05, 0.1) is 0 Å². The number of aromatic hydroxyl groups is 1. The SMILES string of the molecule is CN=C(NCCCc1ccc(O)cc1)NC1CCCC1. The normalized spacial score (nSPS) is 16.4. The first kappa shape index (κ1) is 14.7. The van der Waals surface area contributed by atoms with Crippen LogP contribution >= 0.6 is 0 Å². The molecule has 0 heterocycles. The van der Waals surface area contributed by atoms with Crippen LogP contribution in [0.3, 0.4) is 0 Å². The number of hydrogen-bond acceptors (Lipinski definition) is 2. The molecule has 3 N–H and O–H groups in total. The first-order valence-electron chi connectivity index (χ1n) is 7.53. The first-order chi connectivity index (χ1) is 9.78. The van der Waals surface area contributed by atoms with Crippen LogP contribution in [0.15, 0.2) is 29.3 Å². The summed E-state index contributed by atoms with van der Waals surface area (Å²) < 4.78 is 0. The Morgan fingerprint density at radius 2 is 1.95 bits per heavy atom. The fraction of sp³-hybridized carbons (Fsp3) is 0.562. The summed E-state index contributed by atoms with van der Waals surface area (Å²) in [5.41, 5.74) is 1.25. The maximum Gasteiger partial charge on any atom is 0.191 e. The van der Waals surface area contributed by atoms with Gasteiger partial charge in [-0.2, -0.15) is 0 Å². The first-order valence-corrected chi connectivity index (χ1v) is 7.53. The summed E-state index contributed by atoms with van der Waals surface area (Å²) in [6, 6.07) is 8.02. The molecule has 0 unspecified atom stereocenters. The Morgan fingerprint density at radius 1 is 1.25 bits per heavy atom. The van der Waals surface area contributed by atoms with Crippen molar-refractivity contribution in [2.24, 2.45) is 4.99 Å². The van der Waals surface area contributed by atoms with Gasteiger partial charge < -0.3 is 15.7 Å². The number of phenolic OH excluding ortho intramolecular Hbond substituents is 1. The maximum absolute atomic E-state index is 9.23. The van der Waals surface area contributed by atoms with E-state index in [0.717, 1.165) is 25.3 Å². The van der Waals surface area contributed by atoms with Crippen LogP contribution in [0.2, 0.25) is 0 Å². The Kier molecular flexibility index (Phi) is 5.71. The number of nitrogens with one attached hydrogen (secondary N) is 2. The molecule has 0 aliphatic heterocycles. The van der Waals surface area contributed by atoms with Gasteiger partial charge in [0.1, 0.15) is 5.75 Å². The van der Waals surface area contributed by atoms with Gasteiger partial charge in [-0.3, -0.25) is 4.99 Å². The van der Waals surface area contributed by atoms with Crippen LogP contribution in [0.25, 0.3) is 0 Å². The van der Waals surface area contributed by atoms with E-state index < -0.39 is 0 Å². The van der Waals surface area contributed by atoms with E-state index in [-0.39, 0.29) is 0 Å². The van der Waals surface area contributed by atoms with Crippen molar-refractivity contribution in [3.05, 3.63) is 29.8 Å². The fourth-order valence-corrected chi connectivity index (χ4v) is 2.62. The minimum Gasteiger partial charge on any atom is -0.508 e. The molecule has 4 heteroatoms. The zero-order valence-corrected chi connectivity index (χ0v) is 12.2. The van der Waals surface area contributed by atoms with Gasteiger partial charge in [-0.25, -0.2) is 0 Å². The zero-order valence-electron chi connectivity index (χ0n) is 12.2. The monoisotopic (exact) mass is 275 g/mol. The molecular weight excluding hydrogens is 250 g/mol. The number of nitrogens with zero attached hydrogens (tertiary/aromatic N) is 1. The molecule has 1 aromatic carbocycles. The van der Waals surface area contributed by atoms with Crippen molar-refractivity contribution in [3.63, 3.8) is 0 Å². The lowest BCUT2D eigenvalue weighted by molar-refractivity contribution is 0.475. The topological polar surface area (TPSA) is 56.7 Å². The molecule has 20 heavy (non-hydrogen) atoms. The van der Waals surface area contributed by atoms with E-state index in [1.807, 2.05) is 19.2 Å². The van der Waals surface area contributed by atoms with Crippen LogP contribution in [-0.4, -0.2) is 30.7 Å². The Hall–Kier alpha value is -1.71. The molecule has 1 saturated carbocycles. The number of phenols is 1. The van der Waals surface area contributed by atoms with Gasteiger partial charge in [-0.05, 0) is 43.4 Å². The number of rotatable bonds is 5. The minimum absolute atomic E-state index is 0.327. The standard InChI is InChI=1S/C16H25N3O/c1-17-16(19-14-6-2-3-7-14)18-12-4-5-13-8-10-15(20)11-9-13/h8-11,14,20H,2-7,12H2,1H3,(H2,17,18,19). The molecule has 0 radical (unpaired) electrons. The van der Waals surface area contributed by atoms with E-state index in [2.05, 4.69) is 15.6 Å². The molecule has 0 atom stereocenters. The van der Waals surface area contributed by atoms with E-state index in [0.29, 0.717) is 11.8 Å². The molecule has 0 saturated heterocycles. The quantitative estimate of drug-likeness (QED) is 0.439. The molecule has 0 spiro atoms. The van der Waals surface area contributed by atoms with Gasteiger partial charge in [0, 0.05) is 19.6 Å². The van der Waals surface area contributed by atoms with Crippen LogP contribution in [0.1, 0.15) is 37.7 Å². The van der Waals surface area contributed by atoms with Gasteiger partial charge in [-0.15, -0.1) is 0 Å². The summed E-state index contributed by atoms with van der Waals surface area (Å²) in [6.07, 6.45) is 7.23. The number of guanidine groups is 1. The Bertz CT molecular complexity index is 422. The molecule has 1 aliphatic carbocycles. The van der Waals surface area contributed by atoms with Crippen LogP contribution in [0.4, 0.5) is 0 Å². The largest absolute Gasteiger partial charge is 0.508 e. The lowest BCUT2D eigenvalue weighted by Gasteiger charge is -2.16. The summed E-state index contributed by atoms with van der Waals surface area (Å²) in [4.78, 5) is 4.27. The maximum atomic E-state index is 9.23. The van der Waals surface area contributed by atoms with E-state index in [9.17, 15) is 5.11 Å². The smallest absolute Gasteiger partial charge is 0.191 e. The van der Waals surface area contributed by atoms with Crippen LogP contribution in [0, 0.1) is 0 Å². The number of aryl methyl sites for hydroxylation is 1. The van der Waals surface area contributed by atoms with Crippen molar-refractivity contribution >= 4 is 5.96 Å². The van der Waals surface area contributed by atoms with Gasteiger partial charge in [0.15, 0.2) is 5.96 Å². The average molecular weight is 275 g/mol. The second-order valence-electron chi connectivity index (χ2n) is 5.39. The lowest BCUT2D eigenvalue weighted by Crippen LogP contribution is -2.42. The number of aliphatic imine (C=N–C) groups is 1. The van der Waals surface area contributed by atoms with Gasteiger partial charge >= 0.3 is 0 Å². The Labute approximate surface area is 121 Å². The molecule has 0 amide bonds. The highest BCUT2D eigenvalue weighted by Gasteiger charge is 2.15. The van der Waals surface area contributed by atoms with Crippen molar-refractivity contribution in [1.29, 1.82) is 0 Å². The molecule has 0 bridgehead atoms. The van der Waals surface area contributed by atoms with Crippen molar-refractivity contribution in [2.45, 2.75) is 44.6 Å². The minimum atomic E-state index is 0.327. The molecule has 0 aromatic heterocycles. The van der Waals surface area contributed by atoms with E-state index in [1.165, 1.54) is 31.2 Å². The van der Waals surface area contributed by atoms with Crippen LogP contribution < -0.4 is 10.6 Å². The fourth-order valence-electron chi connectivity index (χ4n) is 2.62. The molecule has 1 aliphatic rings. The zero-order chi connectivity index (χ0) is 14.2. The highest BCUT2D eigenvalue weighted by Crippen LogP contribution is 2.17. The molecule has 1 aromatic rings. The van der Waals surface area contributed by atoms with Crippen molar-refractivity contribution in [3.8, 4) is 5.75 Å². The summed E-state index contributed by atoms with van der Waals surface area (Å²) >= 11 is 0. The summed E-state index contributed by atoms with van der Waals surface area (Å²) in [6.45, 7) is 0.910. The van der Waals surface area contributed by atoms with Gasteiger partial charge in [0.25, 0.3) is 0 Å². The summed E-state index contributed by atoms with van der Waals surface area (Å²) in [7, 11) is 1.82.